The fraction of sp³-hybridized carbons (Fsp3) is 0.647. The van der Waals surface area contributed by atoms with Gasteiger partial charge in [0.15, 0.2) is 0 Å². The van der Waals surface area contributed by atoms with E-state index in [4.69, 9.17) is 4.74 Å². The van der Waals surface area contributed by atoms with Crippen molar-refractivity contribution in [2.24, 2.45) is 0 Å². The van der Waals surface area contributed by atoms with E-state index in [1.165, 1.54) is 123 Å². The van der Waals surface area contributed by atoms with Gasteiger partial charge in [0.25, 0.3) is 0 Å². The molecule has 0 atom stereocenters. The summed E-state index contributed by atoms with van der Waals surface area (Å²) in [5, 5.41) is 0. The van der Waals surface area contributed by atoms with Crippen molar-refractivity contribution in [3.8, 4) is 11.5 Å². The molecule has 0 aliphatic carbocycles. The molecule has 2 aromatic rings. The first-order valence-electron chi connectivity index (χ1n) is 14.9. The van der Waals surface area contributed by atoms with Crippen molar-refractivity contribution in [1.29, 1.82) is 0 Å². The number of hydrogen-bond donors (Lipinski definition) is 0. The van der Waals surface area contributed by atoms with Crippen LogP contribution < -0.4 is 4.74 Å². The highest BCUT2D eigenvalue weighted by molar-refractivity contribution is 5.50. The zero-order chi connectivity index (χ0) is 25.5. The van der Waals surface area contributed by atoms with Gasteiger partial charge in [0.2, 0.25) is 0 Å². The van der Waals surface area contributed by atoms with E-state index in [1.807, 2.05) is 0 Å². The van der Waals surface area contributed by atoms with E-state index in [0.717, 1.165) is 24.3 Å². The minimum absolute atomic E-state index is 1.07. The highest BCUT2D eigenvalue weighted by Crippen LogP contribution is 2.35. The molecular formula is C34H54O. The van der Waals surface area contributed by atoms with Crippen LogP contribution in [0.15, 0.2) is 24.3 Å². The van der Waals surface area contributed by atoms with Crippen molar-refractivity contribution in [3.63, 3.8) is 0 Å². The Balaban J connectivity index is 2.06. The number of unbranched alkanes of at least 4 members (excludes halogenated alkanes) is 12. The Morgan fingerprint density at radius 2 is 0.800 bits per heavy atom. The molecule has 0 aliphatic rings. The largest absolute Gasteiger partial charge is 0.457 e. The lowest BCUT2D eigenvalue weighted by Crippen LogP contribution is -2.02. The fourth-order valence-electron chi connectivity index (χ4n) is 5.15. The molecule has 2 rings (SSSR count). The molecule has 35 heavy (non-hydrogen) atoms. The number of aryl methyl sites for hydroxylation is 2. The second-order valence-corrected chi connectivity index (χ2v) is 10.8. The van der Waals surface area contributed by atoms with E-state index in [-0.39, 0.29) is 0 Å². The predicted molar refractivity (Wildman–Crippen MR) is 155 cm³/mol. The number of hydrogen-bond acceptors (Lipinski definition) is 1. The fourth-order valence-corrected chi connectivity index (χ4v) is 5.15. The average Bonchev–Trinajstić information content (AvgIpc) is 2.85. The van der Waals surface area contributed by atoms with Gasteiger partial charge in [-0.05, 0) is 98.9 Å². The monoisotopic (exact) mass is 478 g/mol. The molecule has 0 N–H and O–H groups in total. The van der Waals surface area contributed by atoms with Crippen LogP contribution in [0.4, 0.5) is 0 Å². The maximum Gasteiger partial charge on any atom is 0.130 e. The van der Waals surface area contributed by atoms with Crippen LogP contribution in [0.3, 0.4) is 0 Å². The lowest BCUT2D eigenvalue weighted by Gasteiger charge is -2.19. The summed E-state index contributed by atoms with van der Waals surface area (Å²) in [6.45, 7) is 13.6. The number of benzene rings is 2. The molecule has 0 spiro atoms. The van der Waals surface area contributed by atoms with E-state index < -0.39 is 0 Å². The summed E-state index contributed by atoms with van der Waals surface area (Å²) in [6.07, 6.45) is 21.1. The van der Waals surface area contributed by atoms with Crippen molar-refractivity contribution < 1.29 is 4.74 Å². The lowest BCUT2D eigenvalue weighted by atomic mass is 9.95. The van der Waals surface area contributed by atoms with Gasteiger partial charge in [0.05, 0.1) is 0 Å². The Hall–Kier alpha value is -1.76. The Kier molecular flexibility index (Phi) is 14.2. The van der Waals surface area contributed by atoms with Crippen molar-refractivity contribution in [2.45, 2.75) is 144 Å². The zero-order valence-electron chi connectivity index (χ0n) is 24.0. The third-order valence-electron chi connectivity index (χ3n) is 7.93. The minimum atomic E-state index is 1.07. The maximum atomic E-state index is 6.73. The molecule has 0 fully saturated rings. The molecule has 0 radical (unpaired) electrons. The van der Waals surface area contributed by atoms with Crippen molar-refractivity contribution in [3.05, 3.63) is 57.6 Å². The van der Waals surface area contributed by atoms with E-state index in [9.17, 15) is 0 Å². The van der Waals surface area contributed by atoms with Crippen LogP contribution in [-0.4, -0.2) is 0 Å². The number of rotatable bonds is 18. The molecule has 196 valence electrons. The van der Waals surface area contributed by atoms with Crippen LogP contribution in [-0.2, 0) is 12.8 Å². The molecule has 0 aliphatic heterocycles. The maximum absolute atomic E-state index is 6.73. The first-order chi connectivity index (χ1) is 17.0. The number of ether oxygens (including phenoxy) is 1. The molecule has 0 bridgehead atoms. The summed E-state index contributed by atoms with van der Waals surface area (Å²) < 4.78 is 6.73. The highest BCUT2D eigenvalue weighted by Gasteiger charge is 2.14. The predicted octanol–water partition coefficient (Wildman–Crippen LogP) is 11.3. The molecule has 0 aromatic heterocycles. The molecule has 0 unspecified atom stereocenters. The Bertz CT molecular complexity index is 792. The Morgan fingerprint density at radius 1 is 0.457 bits per heavy atom. The second-order valence-electron chi connectivity index (χ2n) is 10.8. The first kappa shape index (κ1) is 29.5. The first-order valence-corrected chi connectivity index (χ1v) is 14.9. The molecule has 0 saturated carbocycles. The van der Waals surface area contributed by atoms with Crippen LogP contribution in [0.1, 0.15) is 137 Å². The van der Waals surface area contributed by atoms with Gasteiger partial charge in [0, 0.05) is 0 Å². The molecule has 0 amide bonds. The smallest absolute Gasteiger partial charge is 0.130 e. The van der Waals surface area contributed by atoms with Crippen LogP contribution in [0.2, 0.25) is 0 Å². The second kappa shape index (κ2) is 16.8. The molecule has 1 nitrogen and oxygen atoms in total. The lowest BCUT2D eigenvalue weighted by molar-refractivity contribution is 0.464. The molecule has 2 aromatic carbocycles. The molecule has 1 heteroatoms. The summed E-state index contributed by atoms with van der Waals surface area (Å²) in [4.78, 5) is 0. The molecular weight excluding hydrogens is 424 g/mol. The van der Waals surface area contributed by atoms with Gasteiger partial charge < -0.3 is 4.74 Å². The Labute approximate surface area is 218 Å². The van der Waals surface area contributed by atoms with Gasteiger partial charge in [-0.1, -0.05) is 103 Å². The van der Waals surface area contributed by atoms with Crippen molar-refractivity contribution in [1.82, 2.24) is 0 Å². The topological polar surface area (TPSA) is 9.23 Å². The summed E-state index contributed by atoms with van der Waals surface area (Å²) in [5.74, 6) is 2.14. The van der Waals surface area contributed by atoms with E-state index >= 15 is 0 Å². The van der Waals surface area contributed by atoms with Gasteiger partial charge in [-0.15, -0.1) is 0 Å². The summed E-state index contributed by atoms with van der Waals surface area (Å²) in [7, 11) is 0. The third kappa shape index (κ3) is 10.0. The summed E-state index contributed by atoms with van der Waals surface area (Å²) in [5.41, 5.74) is 8.39. The van der Waals surface area contributed by atoms with Crippen LogP contribution in [0.5, 0.6) is 11.5 Å². The van der Waals surface area contributed by atoms with Crippen LogP contribution in [0.25, 0.3) is 0 Å². The standard InChI is InChI=1S/C34H54O/c1-7-9-11-13-15-17-19-21-31-29(5)27(3)23-25-33(31)35-34-26-24-28(4)30(6)32(34)22-20-18-16-14-12-10-8-2/h23-26H,7-22H2,1-6H3. The summed E-state index contributed by atoms with van der Waals surface area (Å²) in [6, 6.07) is 8.89. The van der Waals surface area contributed by atoms with Gasteiger partial charge in [-0.25, -0.2) is 0 Å². The highest BCUT2D eigenvalue weighted by atomic mass is 16.5. The zero-order valence-corrected chi connectivity index (χ0v) is 24.0. The van der Waals surface area contributed by atoms with E-state index in [2.05, 4.69) is 65.8 Å². The van der Waals surface area contributed by atoms with Crippen LogP contribution in [0, 0.1) is 27.7 Å². The molecule has 0 saturated heterocycles. The van der Waals surface area contributed by atoms with Gasteiger partial charge in [-0.3, -0.25) is 0 Å². The third-order valence-corrected chi connectivity index (χ3v) is 7.93. The van der Waals surface area contributed by atoms with Gasteiger partial charge in [0.1, 0.15) is 11.5 Å². The summed E-state index contributed by atoms with van der Waals surface area (Å²) >= 11 is 0. The normalized spacial score (nSPS) is 11.3. The Morgan fingerprint density at radius 3 is 1.17 bits per heavy atom. The minimum Gasteiger partial charge on any atom is -0.457 e. The van der Waals surface area contributed by atoms with E-state index in [1.54, 1.807) is 0 Å². The SMILES string of the molecule is CCCCCCCCCc1c(Oc2ccc(C)c(C)c2CCCCCCCCC)ccc(C)c1C. The van der Waals surface area contributed by atoms with E-state index in [0.29, 0.717) is 0 Å². The quantitative estimate of drug-likeness (QED) is 0.194. The van der Waals surface area contributed by atoms with Crippen molar-refractivity contribution >= 4 is 0 Å². The molecule has 0 heterocycles. The van der Waals surface area contributed by atoms with Crippen LogP contribution >= 0.6 is 0 Å². The van der Waals surface area contributed by atoms with Gasteiger partial charge in [-0.2, -0.15) is 0 Å². The van der Waals surface area contributed by atoms with Crippen molar-refractivity contribution in [2.75, 3.05) is 0 Å². The average molecular weight is 479 g/mol. The van der Waals surface area contributed by atoms with Gasteiger partial charge >= 0.3 is 0 Å².